The van der Waals surface area contributed by atoms with Crippen molar-refractivity contribution < 1.29 is 15.0 Å². The summed E-state index contributed by atoms with van der Waals surface area (Å²) in [6.07, 6.45) is 2.37. The van der Waals surface area contributed by atoms with Crippen LogP contribution >= 0.6 is 0 Å². The zero-order valence-electron chi connectivity index (χ0n) is 10.9. The monoisotopic (exact) mass is 261 g/mol. The third-order valence-corrected chi connectivity index (χ3v) is 4.19. The number of aliphatic hydroxyl groups is 1. The van der Waals surface area contributed by atoms with Gasteiger partial charge in [-0.3, -0.25) is 9.69 Å². The predicted octanol–water partition coefficient (Wildman–Crippen LogP) is 1.27. The Bertz CT molecular complexity index is 490. The Labute approximate surface area is 112 Å². The number of hydrogen-bond donors (Lipinski definition) is 2. The molecule has 0 radical (unpaired) electrons. The average Bonchev–Trinajstić information content (AvgIpc) is 3.12. The molecule has 1 saturated heterocycles. The van der Waals surface area contributed by atoms with Crippen LogP contribution in [0.1, 0.15) is 24.0 Å². The Kier molecular flexibility index (Phi) is 3.07. The zero-order chi connectivity index (χ0) is 13.5. The Morgan fingerprint density at radius 1 is 1.26 bits per heavy atom. The maximum Gasteiger partial charge on any atom is 0.307 e. The summed E-state index contributed by atoms with van der Waals surface area (Å²) in [7, 11) is 0. The van der Waals surface area contributed by atoms with Crippen molar-refractivity contribution >= 4 is 5.97 Å². The number of nitrogens with zero attached hydrogens (tertiary/aromatic N) is 1. The lowest BCUT2D eigenvalue weighted by atomic mass is 9.88. The van der Waals surface area contributed by atoms with Crippen LogP contribution in [-0.4, -0.2) is 39.8 Å². The molecule has 1 heterocycles. The standard InChI is InChI=1S/C15H19NO3/c17-14(18)7-11-3-1-2-4-12(11)8-16-9-15(19,10-16)13-5-6-13/h1-4,13,19H,5-10H2,(H,17,18). The van der Waals surface area contributed by atoms with Gasteiger partial charge < -0.3 is 10.2 Å². The van der Waals surface area contributed by atoms with E-state index in [1.807, 2.05) is 24.3 Å². The first kappa shape index (κ1) is 12.6. The molecule has 2 fully saturated rings. The van der Waals surface area contributed by atoms with Crippen molar-refractivity contribution in [1.82, 2.24) is 4.90 Å². The van der Waals surface area contributed by atoms with Crippen molar-refractivity contribution in [3.8, 4) is 0 Å². The van der Waals surface area contributed by atoms with Gasteiger partial charge in [0.05, 0.1) is 12.0 Å². The summed E-state index contributed by atoms with van der Waals surface area (Å²) in [6.45, 7) is 2.18. The molecule has 0 amide bonds. The van der Waals surface area contributed by atoms with Crippen LogP contribution in [0.15, 0.2) is 24.3 Å². The molecule has 2 N–H and O–H groups in total. The molecule has 0 atom stereocenters. The van der Waals surface area contributed by atoms with Crippen LogP contribution < -0.4 is 0 Å². The first-order valence-corrected chi connectivity index (χ1v) is 6.80. The normalized spacial score (nSPS) is 21.9. The van der Waals surface area contributed by atoms with Crippen LogP contribution in [0.3, 0.4) is 0 Å². The third kappa shape index (κ3) is 2.65. The zero-order valence-corrected chi connectivity index (χ0v) is 10.9. The van der Waals surface area contributed by atoms with E-state index < -0.39 is 11.6 Å². The topological polar surface area (TPSA) is 60.8 Å². The minimum Gasteiger partial charge on any atom is -0.481 e. The number of carboxylic acid groups (broad SMARTS) is 1. The highest BCUT2D eigenvalue weighted by atomic mass is 16.4. The number of aliphatic carboxylic acids is 1. The molecule has 0 spiro atoms. The molecule has 102 valence electrons. The highest BCUT2D eigenvalue weighted by molar-refractivity contribution is 5.70. The van der Waals surface area contributed by atoms with E-state index in [2.05, 4.69) is 4.90 Å². The summed E-state index contributed by atoms with van der Waals surface area (Å²) >= 11 is 0. The number of carbonyl (C=O) groups is 1. The van der Waals surface area contributed by atoms with Gasteiger partial charge in [0.25, 0.3) is 0 Å². The summed E-state index contributed by atoms with van der Waals surface area (Å²) in [5.41, 5.74) is 1.46. The smallest absolute Gasteiger partial charge is 0.307 e. The number of β-amino-alcohol motifs (C(OH)–C–C–N with tert-alkyl or cyclic N) is 1. The number of benzene rings is 1. The molecule has 1 aromatic rings. The van der Waals surface area contributed by atoms with Gasteiger partial charge in [-0.15, -0.1) is 0 Å². The molecule has 4 heteroatoms. The first-order valence-electron chi connectivity index (χ1n) is 6.80. The molecule has 0 unspecified atom stereocenters. The van der Waals surface area contributed by atoms with Crippen molar-refractivity contribution in [2.45, 2.75) is 31.4 Å². The minimum atomic E-state index is -0.800. The van der Waals surface area contributed by atoms with Gasteiger partial charge in [0.2, 0.25) is 0 Å². The van der Waals surface area contributed by atoms with E-state index in [9.17, 15) is 9.90 Å². The fourth-order valence-electron chi connectivity index (χ4n) is 3.01. The highest BCUT2D eigenvalue weighted by Crippen LogP contribution is 2.44. The van der Waals surface area contributed by atoms with Crippen LogP contribution in [0.25, 0.3) is 0 Å². The molecule has 1 aliphatic heterocycles. The van der Waals surface area contributed by atoms with Gasteiger partial charge in [0.15, 0.2) is 0 Å². The SMILES string of the molecule is O=C(O)Cc1ccccc1CN1CC(O)(C2CC2)C1. The van der Waals surface area contributed by atoms with E-state index in [4.69, 9.17) is 5.11 Å². The van der Waals surface area contributed by atoms with Gasteiger partial charge in [-0.2, -0.15) is 0 Å². The number of hydrogen-bond acceptors (Lipinski definition) is 3. The molecule has 0 bridgehead atoms. The van der Waals surface area contributed by atoms with Crippen molar-refractivity contribution in [1.29, 1.82) is 0 Å². The van der Waals surface area contributed by atoms with Gasteiger partial charge in [-0.25, -0.2) is 0 Å². The maximum absolute atomic E-state index is 10.8. The highest BCUT2D eigenvalue weighted by Gasteiger charge is 2.51. The van der Waals surface area contributed by atoms with E-state index in [0.29, 0.717) is 5.92 Å². The number of rotatable bonds is 5. The fraction of sp³-hybridized carbons (Fsp3) is 0.533. The minimum absolute atomic E-state index is 0.0664. The molecule has 1 aromatic carbocycles. The van der Waals surface area contributed by atoms with Crippen LogP contribution in [0, 0.1) is 5.92 Å². The molecule has 2 aliphatic rings. The van der Waals surface area contributed by atoms with E-state index in [0.717, 1.165) is 43.6 Å². The lowest BCUT2D eigenvalue weighted by Gasteiger charge is -2.47. The Balaban J connectivity index is 1.63. The van der Waals surface area contributed by atoms with Gasteiger partial charge in [0.1, 0.15) is 0 Å². The quantitative estimate of drug-likeness (QED) is 0.838. The molecule has 3 rings (SSSR count). The van der Waals surface area contributed by atoms with E-state index >= 15 is 0 Å². The van der Waals surface area contributed by atoms with Crippen molar-refractivity contribution in [2.24, 2.45) is 5.92 Å². The Morgan fingerprint density at radius 3 is 2.47 bits per heavy atom. The predicted molar refractivity (Wildman–Crippen MR) is 70.7 cm³/mol. The van der Waals surface area contributed by atoms with Crippen molar-refractivity contribution in [3.05, 3.63) is 35.4 Å². The molecule has 1 aliphatic carbocycles. The van der Waals surface area contributed by atoms with Crippen LogP contribution in [0.4, 0.5) is 0 Å². The van der Waals surface area contributed by atoms with Gasteiger partial charge in [-0.1, -0.05) is 24.3 Å². The van der Waals surface area contributed by atoms with Crippen LogP contribution in [0.2, 0.25) is 0 Å². The molecule has 4 nitrogen and oxygen atoms in total. The van der Waals surface area contributed by atoms with Gasteiger partial charge in [-0.05, 0) is 29.9 Å². The summed E-state index contributed by atoms with van der Waals surface area (Å²) in [4.78, 5) is 13.0. The Morgan fingerprint density at radius 2 is 1.89 bits per heavy atom. The van der Waals surface area contributed by atoms with Crippen LogP contribution in [-0.2, 0) is 17.8 Å². The largest absolute Gasteiger partial charge is 0.481 e. The molecule has 19 heavy (non-hydrogen) atoms. The number of carboxylic acids is 1. The van der Waals surface area contributed by atoms with Gasteiger partial charge >= 0.3 is 5.97 Å². The van der Waals surface area contributed by atoms with Gasteiger partial charge in [0, 0.05) is 19.6 Å². The van der Waals surface area contributed by atoms with E-state index in [-0.39, 0.29) is 6.42 Å². The number of likely N-dealkylation sites (tertiary alicyclic amines) is 1. The molecular formula is C15H19NO3. The summed E-state index contributed by atoms with van der Waals surface area (Å²) in [5.74, 6) is -0.302. The third-order valence-electron chi connectivity index (χ3n) is 4.19. The second-order valence-corrected chi connectivity index (χ2v) is 5.86. The average molecular weight is 261 g/mol. The van der Waals surface area contributed by atoms with Crippen molar-refractivity contribution in [3.63, 3.8) is 0 Å². The second kappa shape index (κ2) is 4.62. The lowest BCUT2D eigenvalue weighted by molar-refractivity contribution is -0.136. The van der Waals surface area contributed by atoms with Crippen LogP contribution in [0.5, 0.6) is 0 Å². The summed E-state index contributed by atoms with van der Waals surface area (Å²) in [5, 5.41) is 19.2. The first-order chi connectivity index (χ1) is 9.07. The Hall–Kier alpha value is -1.39. The summed E-state index contributed by atoms with van der Waals surface area (Å²) < 4.78 is 0. The molecule has 0 aromatic heterocycles. The van der Waals surface area contributed by atoms with E-state index in [1.165, 1.54) is 0 Å². The summed E-state index contributed by atoms with van der Waals surface area (Å²) in [6, 6.07) is 7.66. The second-order valence-electron chi connectivity index (χ2n) is 5.86. The fourth-order valence-corrected chi connectivity index (χ4v) is 3.01. The maximum atomic E-state index is 10.8. The van der Waals surface area contributed by atoms with E-state index in [1.54, 1.807) is 0 Å². The molecule has 1 saturated carbocycles. The van der Waals surface area contributed by atoms with Crippen molar-refractivity contribution in [2.75, 3.05) is 13.1 Å². The lowest BCUT2D eigenvalue weighted by Crippen LogP contribution is -2.62. The molecular weight excluding hydrogens is 242 g/mol.